The molecule has 1 rings (SSSR count). The van der Waals surface area contributed by atoms with Gasteiger partial charge in [0, 0.05) is 19.0 Å². The Morgan fingerprint density at radius 1 is 1.21 bits per heavy atom. The molecule has 0 amide bonds. The second-order valence-electron chi connectivity index (χ2n) is 5.09. The summed E-state index contributed by atoms with van der Waals surface area (Å²) in [4.78, 5) is 2.61. The Hall–Kier alpha value is 0.250. The minimum absolute atomic E-state index is 0.790. The van der Waals surface area contributed by atoms with E-state index in [4.69, 9.17) is 11.6 Å². The maximum absolute atomic E-state index is 5.72. The Morgan fingerprint density at radius 2 is 1.79 bits per heavy atom. The predicted octanol–water partition coefficient (Wildman–Crippen LogP) is 3.23. The summed E-state index contributed by atoms with van der Waals surface area (Å²) in [7, 11) is 0. The predicted molar refractivity (Wildman–Crippen MR) is 63.9 cm³/mol. The molecule has 0 saturated carbocycles. The molecule has 84 valence electrons. The normalized spacial score (nSPS) is 30.9. The second kappa shape index (κ2) is 5.97. The average molecular weight is 218 g/mol. The van der Waals surface area contributed by atoms with Crippen LogP contribution in [0.3, 0.4) is 0 Å². The lowest BCUT2D eigenvalue weighted by molar-refractivity contribution is 0.294. The Kier molecular flexibility index (Phi) is 5.25. The van der Waals surface area contributed by atoms with Gasteiger partial charge in [-0.2, -0.15) is 0 Å². The standard InChI is InChI=1S/C12H24ClN/c1-10(4-6-13)5-7-14-8-11(2)12(3)9-14/h10-12H,4-9H2,1-3H3. The molecule has 0 aromatic rings. The van der Waals surface area contributed by atoms with Gasteiger partial charge in [-0.05, 0) is 37.1 Å². The molecule has 14 heavy (non-hydrogen) atoms. The zero-order valence-electron chi connectivity index (χ0n) is 9.80. The molecule has 0 aromatic carbocycles. The van der Waals surface area contributed by atoms with Gasteiger partial charge in [-0.15, -0.1) is 11.6 Å². The smallest absolute Gasteiger partial charge is 0.0225 e. The van der Waals surface area contributed by atoms with Crippen LogP contribution in [-0.4, -0.2) is 30.4 Å². The number of rotatable bonds is 5. The largest absolute Gasteiger partial charge is 0.303 e. The molecular formula is C12H24ClN. The van der Waals surface area contributed by atoms with Gasteiger partial charge >= 0.3 is 0 Å². The summed E-state index contributed by atoms with van der Waals surface area (Å²) in [5, 5.41) is 0. The van der Waals surface area contributed by atoms with Gasteiger partial charge in [0.15, 0.2) is 0 Å². The maximum Gasteiger partial charge on any atom is 0.0225 e. The molecule has 1 aliphatic heterocycles. The van der Waals surface area contributed by atoms with Gasteiger partial charge in [-0.1, -0.05) is 20.8 Å². The highest BCUT2D eigenvalue weighted by atomic mass is 35.5. The first-order valence-electron chi connectivity index (χ1n) is 5.91. The number of hydrogen-bond acceptors (Lipinski definition) is 1. The first-order chi connectivity index (χ1) is 6.63. The summed E-state index contributed by atoms with van der Waals surface area (Å²) in [6, 6.07) is 0. The number of likely N-dealkylation sites (tertiary alicyclic amines) is 1. The molecule has 0 radical (unpaired) electrons. The molecular weight excluding hydrogens is 194 g/mol. The molecule has 2 heteroatoms. The summed E-state index contributed by atoms with van der Waals surface area (Å²) in [6.07, 6.45) is 2.48. The van der Waals surface area contributed by atoms with Crippen LogP contribution in [0, 0.1) is 17.8 Å². The highest BCUT2D eigenvalue weighted by molar-refractivity contribution is 6.17. The van der Waals surface area contributed by atoms with Crippen molar-refractivity contribution in [3.05, 3.63) is 0 Å². The molecule has 1 heterocycles. The number of nitrogens with zero attached hydrogens (tertiary/aromatic N) is 1. The molecule has 0 N–H and O–H groups in total. The fourth-order valence-electron chi connectivity index (χ4n) is 2.17. The van der Waals surface area contributed by atoms with Gasteiger partial charge in [0.1, 0.15) is 0 Å². The van der Waals surface area contributed by atoms with Crippen LogP contribution in [-0.2, 0) is 0 Å². The van der Waals surface area contributed by atoms with Crippen LogP contribution in [0.5, 0.6) is 0 Å². The molecule has 1 fully saturated rings. The van der Waals surface area contributed by atoms with E-state index in [9.17, 15) is 0 Å². The topological polar surface area (TPSA) is 3.24 Å². The van der Waals surface area contributed by atoms with Gasteiger partial charge in [0.25, 0.3) is 0 Å². The van der Waals surface area contributed by atoms with Crippen molar-refractivity contribution in [1.29, 1.82) is 0 Å². The minimum atomic E-state index is 0.790. The van der Waals surface area contributed by atoms with Crippen LogP contribution in [0.25, 0.3) is 0 Å². The van der Waals surface area contributed by atoms with E-state index in [1.807, 2.05) is 0 Å². The molecule has 1 nitrogen and oxygen atoms in total. The highest BCUT2D eigenvalue weighted by Gasteiger charge is 2.25. The van der Waals surface area contributed by atoms with Crippen molar-refractivity contribution >= 4 is 11.6 Å². The lowest BCUT2D eigenvalue weighted by atomic mass is 10.0. The van der Waals surface area contributed by atoms with E-state index < -0.39 is 0 Å². The number of hydrogen-bond donors (Lipinski definition) is 0. The Bertz CT molecular complexity index is 150. The Labute approximate surface area is 93.8 Å². The van der Waals surface area contributed by atoms with E-state index in [-0.39, 0.29) is 0 Å². The molecule has 0 spiro atoms. The molecule has 1 saturated heterocycles. The fraction of sp³-hybridized carbons (Fsp3) is 1.00. The number of alkyl halides is 1. The SMILES string of the molecule is CC(CCCl)CCN1CC(C)C(C)C1. The molecule has 3 unspecified atom stereocenters. The van der Waals surface area contributed by atoms with Gasteiger partial charge in [-0.3, -0.25) is 0 Å². The summed E-state index contributed by atoms with van der Waals surface area (Å²) in [6.45, 7) is 10.9. The monoisotopic (exact) mass is 217 g/mol. The second-order valence-corrected chi connectivity index (χ2v) is 5.46. The van der Waals surface area contributed by atoms with Crippen molar-refractivity contribution < 1.29 is 0 Å². The van der Waals surface area contributed by atoms with Crippen LogP contribution < -0.4 is 0 Å². The summed E-state index contributed by atoms with van der Waals surface area (Å²) in [5.41, 5.74) is 0. The van der Waals surface area contributed by atoms with Crippen molar-refractivity contribution in [1.82, 2.24) is 4.90 Å². The Balaban J connectivity index is 2.13. The first kappa shape index (κ1) is 12.3. The van der Waals surface area contributed by atoms with E-state index in [0.717, 1.165) is 23.6 Å². The third-order valence-corrected chi connectivity index (χ3v) is 3.82. The Morgan fingerprint density at radius 3 is 2.29 bits per heavy atom. The van der Waals surface area contributed by atoms with Crippen molar-refractivity contribution in [3.8, 4) is 0 Å². The van der Waals surface area contributed by atoms with Crippen LogP contribution >= 0.6 is 11.6 Å². The van der Waals surface area contributed by atoms with E-state index in [0.29, 0.717) is 0 Å². The quantitative estimate of drug-likeness (QED) is 0.640. The van der Waals surface area contributed by atoms with Crippen molar-refractivity contribution in [3.63, 3.8) is 0 Å². The van der Waals surface area contributed by atoms with Crippen molar-refractivity contribution in [2.45, 2.75) is 33.6 Å². The van der Waals surface area contributed by atoms with Gasteiger partial charge < -0.3 is 4.90 Å². The van der Waals surface area contributed by atoms with Crippen LogP contribution in [0.1, 0.15) is 33.6 Å². The zero-order chi connectivity index (χ0) is 10.6. The minimum Gasteiger partial charge on any atom is -0.303 e. The number of halogens is 1. The molecule has 0 bridgehead atoms. The van der Waals surface area contributed by atoms with Gasteiger partial charge in [-0.25, -0.2) is 0 Å². The third kappa shape index (κ3) is 3.78. The lowest BCUT2D eigenvalue weighted by Gasteiger charge is -2.17. The first-order valence-corrected chi connectivity index (χ1v) is 6.45. The highest BCUT2D eigenvalue weighted by Crippen LogP contribution is 2.22. The van der Waals surface area contributed by atoms with Crippen LogP contribution in [0.2, 0.25) is 0 Å². The average Bonchev–Trinajstić information content (AvgIpc) is 2.44. The van der Waals surface area contributed by atoms with Crippen LogP contribution in [0.15, 0.2) is 0 Å². The summed E-state index contributed by atoms with van der Waals surface area (Å²) in [5.74, 6) is 3.38. The van der Waals surface area contributed by atoms with Crippen molar-refractivity contribution in [2.24, 2.45) is 17.8 Å². The summed E-state index contributed by atoms with van der Waals surface area (Å²) < 4.78 is 0. The zero-order valence-corrected chi connectivity index (χ0v) is 10.6. The fourth-order valence-corrected chi connectivity index (χ4v) is 2.54. The maximum atomic E-state index is 5.72. The third-order valence-electron chi connectivity index (χ3n) is 3.60. The summed E-state index contributed by atoms with van der Waals surface area (Å²) >= 11 is 5.72. The lowest BCUT2D eigenvalue weighted by Crippen LogP contribution is -2.23. The molecule has 0 aliphatic carbocycles. The molecule has 0 aromatic heterocycles. The van der Waals surface area contributed by atoms with E-state index in [1.165, 1.54) is 32.5 Å². The van der Waals surface area contributed by atoms with Crippen LogP contribution in [0.4, 0.5) is 0 Å². The van der Waals surface area contributed by atoms with E-state index in [2.05, 4.69) is 25.7 Å². The van der Waals surface area contributed by atoms with Gasteiger partial charge in [0.05, 0.1) is 0 Å². The molecule has 3 atom stereocenters. The van der Waals surface area contributed by atoms with E-state index in [1.54, 1.807) is 0 Å². The van der Waals surface area contributed by atoms with Crippen molar-refractivity contribution in [2.75, 3.05) is 25.5 Å². The van der Waals surface area contributed by atoms with E-state index >= 15 is 0 Å². The van der Waals surface area contributed by atoms with Gasteiger partial charge in [0.2, 0.25) is 0 Å². The molecule has 1 aliphatic rings.